The third-order valence-corrected chi connectivity index (χ3v) is 6.33. The maximum absolute atomic E-state index is 5.80. The lowest BCUT2D eigenvalue weighted by Gasteiger charge is -2.19. The maximum Gasteiger partial charge on any atom is 0.119 e. The second-order valence-corrected chi connectivity index (χ2v) is 7.92. The fourth-order valence-corrected chi connectivity index (χ4v) is 4.91. The topological polar surface area (TPSA) is 9.23 Å². The van der Waals surface area contributed by atoms with E-state index >= 15 is 0 Å². The summed E-state index contributed by atoms with van der Waals surface area (Å²) in [6.07, 6.45) is 2.26. The first-order valence-corrected chi connectivity index (χ1v) is 9.86. The van der Waals surface area contributed by atoms with Crippen molar-refractivity contribution in [3.63, 3.8) is 0 Å². The Morgan fingerprint density at radius 3 is 1.67 bits per heavy atom. The predicted octanol–water partition coefficient (Wildman–Crippen LogP) is 4.62. The van der Waals surface area contributed by atoms with Crippen LogP contribution in [0.3, 0.4) is 0 Å². The van der Waals surface area contributed by atoms with Crippen LogP contribution in [-0.2, 0) is 0 Å². The molecule has 0 N–H and O–H groups in total. The van der Waals surface area contributed by atoms with Gasteiger partial charge in [-0.2, -0.15) is 0 Å². The van der Waals surface area contributed by atoms with E-state index in [1.165, 1.54) is 15.9 Å². The van der Waals surface area contributed by atoms with Gasteiger partial charge in [-0.1, -0.05) is 86.1 Å². The summed E-state index contributed by atoms with van der Waals surface area (Å²) in [7, 11) is -0.530. The van der Waals surface area contributed by atoms with Crippen molar-refractivity contribution >= 4 is 23.8 Å². The second-order valence-electron chi connectivity index (χ2n) is 5.70. The molecule has 24 heavy (non-hydrogen) atoms. The molecule has 0 unspecified atom stereocenters. The molecule has 0 aromatic heterocycles. The predicted molar refractivity (Wildman–Crippen MR) is 106 cm³/mol. The highest BCUT2D eigenvalue weighted by molar-refractivity contribution is 7.79. The van der Waals surface area contributed by atoms with Gasteiger partial charge in [0.05, 0.1) is 6.61 Å². The number of hydrogen-bond acceptors (Lipinski definition) is 1. The van der Waals surface area contributed by atoms with Crippen LogP contribution in [0.5, 0.6) is 5.75 Å². The molecule has 3 rings (SSSR count). The molecule has 0 aliphatic heterocycles. The van der Waals surface area contributed by atoms with Gasteiger partial charge in [-0.3, -0.25) is 0 Å². The quantitative estimate of drug-likeness (QED) is 0.452. The van der Waals surface area contributed by atoms with Crippen LogP contribution in [0, 0.1) is 0 Å². The first kappa shape index (κ1) is 16.7. The minimum atomic E-state index is -0.530. The van der Waals surface area contributed by atoms with Crippen molar-refractivity contribution in [1.29, 1.82) is 0 Å². The summed E-state index contributed by atoms with van der Waals surface area (Å²) in [5.74, 6) is 0.961. The fraction of sp³-hybridized carbons (Fsp3) is 0.182. The average molecular weight is 334 g/mol. The van der Waals surface area contributed by atoms with E-state index < -0.39 is 7.92 Å². The number of unbranched alkanes of at least 4 members (excludes halogenated alkanes) is 1. The van der Waals surface area contributed by atoms with E-state index in [-0.39, 0.29) is 0 Å². The third-order valence-electron chi connectivity index (χ3n) is 3.89. The first-order valence-electron chi connectivity index (χ1n) is 8.51. The molecule has 0 aliphatic carbocycles. The summed E-state index contributed by atoms with van der Waals surface area (Å²) in [5, 5.41) is 4.10. The molecule has 0 aliphatic rings. The molecule has 1 nitrogen and oxygen atoms in total. The van der Waals surface area contributed by atoms with Gasteiger partial charge in [0.15, 0.2) is 0 Å². The number of ether oxygens (including phenoxy) is 1. The van der Waals surface area contributed by atoms with Crippen LogP contribution in [0.4, 0.5) is 0 Å². The summed E-state index contributed by atoms with van der Waals surface area (Å²) in [5.41, 5.74) is 0. The molecule has 0 fully saturated rings. The van der Waals surface area contributed by atoms with Gasteiger partial charge >= 0.3 is 0 Å². The zero-order valence-corrected chi connectivity index (χ0v) is 15.0. The maximum atomic E-state index is 5.80. The Bertz CT molecular complexity index is 683. The molecule has 122 valence electrons. The molecule has 3 aromatic carbocycles. The van der Waals surface area contributed by atoms with Crippen molar-refractivity contribution in [3.05, 3.63) is 84.9 Å². The molecular weight excluding hydrogens is 311 g/mol. The normalized spacial score (nSPS) is 10.8. The van der Waals surface area contributed by atoms with Gasteiger partial charge in [0.25, 0.3) is 0 Å². The van der Waals surface area contributed by atoms with Crippen molar-refractivity contribution < 1.29 is 4.74 Å². The van der Waals surface area contributed by atoms with Crippen LogP contribution >= 0.6 is 7.92 Å². The summed E-state index contributed by atoms with van der Waals surface area (Å²) >= 11 is 0. The van der Waals surface area contributed by atoms with E-state index in [1.54, 1.807) is 0 Å². The SMILES string of the molecule is CCCCOc1ccc(P(c2ccccc2)c2ccccc2)cc1. The monoisotopic (exact) mass is 334 g/mol. The zero-order chi connectivity index (χ0) is 16.6. The molecule has 0 saturated heterocycles. The van der Waals surface area contributed by atoms with Crippen LogP contribution in [0.1, 0.15) is 19.8 Å². The van der Waals surface area contributed by atoms with Gasteiger partial charge in [0.1, 0.15) is 5.75 Å². The number of hydrogen-bond donors (Lipinski definition) is 0. The van der Waals surface area contributed by atoms with Crippen molar-refractivity contribution in [2.24, 2.45) is 0 Å². The molecule has 0 radical (unpaired) electrons. The fourth-order valence-electron chi connectivity index (χ4n) is 2.63. The smallest absolute Gasteiger partial charge is 0.119 e. The van der Waals surface area contributed by atoms with Crippen molar-refractivity contribution in [1.82, 2.24) is 0 Å². The van der Waals surface area contributed by atoms with E-state index in [0.29, 0.717) is 0 Å². The molecule has 0 spiro atoms. The Morgan fingerprint density at radius 1 is 0.667 bits per heavy atom. The Hall–Kier alpha value is -2.11. The number of benzene rings is 3. The van der Waals surface area contributed by atoms with Gasteiger partial charge in [-0.15, -0.1) is 0 Å². The van der Waals surface area contributed by atoms with Crippen molar-refractivity contribution in [2.45, 2.75) is 19.8 Å². The molecule has 0 bridgehead atoms. The van der Waals surface area contributed by atoms with Crippen molar-refractivity contribution in [2.75, 3.05) is 6.61 Å². The molecule has 0 atom stereocenters. The summed E-state index contributed by atoms with van der Waals surface area (Å²) < 4.78 is 5.80. The highest BCUT2D eigenvalue weighted by Crippen LogP contribution is 2.33. The third kappa shape index (κ3) is 4.24. The van der Waals surface area contributed by atoms with E-state index in [1.807, 2.05) is 0 Å². The van der Waals surface area contributed by atoms with Gasteiger partial charge in [-0.25, -0.2) is 0 Å². The minimum Gasteiger partial charge on any atom is -0.494 e. The van der Waals surface area contributed by atoms with Gasteiger partial charge in [0, 0.05) is 0 Å². The van der Waals surface area contributed by atoms with Gasteiger partial charge < -0.3 is 4.74 Å². The van der Waals surface area contributed by atoms with Crippen LogP contribution in [0.25, 0.3) is 0 Å². The molecule has 0 heterocycles. The largest absolute Gasteiger partial charge is 0.494 e. The van der Waals surface area contributed by atoms with E-state index in [0.717, 1.165) is 25.2 Å². The highest BCUT2D eigenvalue weighted by atomic mass is 31.1. The Labute approximate surface area is 146 Å². The molecule has 3 aromatic rings. The van der Waals surface area contributed by atoms with Crippen LogP contribution in [0.2, 0.25) is 0 Å². The highest BCUT2D eigenvalue weighted by Gasteiger charge is 2.15. The van der Waals surface area contributed by atoms with Gasteiger partial charge in [-0.05, 0) is 42.4 Å². The first-order chi connectivity index (χ1) is 11.9. The lowest BCUT2D eigenvalue weighted by atomic mass is 10.3. The Kier molecular flexibility index (Phi) is 6.04. The molecular formula is C22H23OP. The Morgan fingerprint density at radius 2 is 1.17 bits per heavy atom. The molecule has 0 saturated carbocycles. The summed E-state index contributed by atoms with van der Waals surface area (Å²) in [6.45, 7) is 2.97. The van der Waals surface area contributed by atoms with Crippen LogP contribution in [-0.4, -0.2) is 6.61 Å². The summed E-state index contributed by atoms with van der Waals surface area (Å²) in [6, 6.07) is 30.2. The lowest BCUT2D eigenvalue weighted by Crippen LogP contribution is -2.20. The van der Waals surface area contributed by atoms with E-state index in [9.17, 15) is 0 Å². The lowest BCUT2D eigenvalue weighted by molar-refractivity contribution is 0.309. The van der Waals surface area contributed by atoms with E-state index in [4.69, 9.17) is 4.74 Å². The van der Waals surface area contributed by atoms with Crippen LogP contribution < -0.4 is 20.7 Å². The standard InChI is InChI=1S/C22H23OP/c1-2-3-18-23-19-14-16-22(17-15-19)24(20-10-6-4-7-11-20)21-12-8-5-9-13-21/h4-17H,2-3,18H2,1H3. The average Bonchev–Trinajstić information content (AvgIpc) is 2.65. The van der Waals surface area contributed by atoms with Crippen molar-refractivity contribution in [3.8, 4) is 5.75 Å². The molecule has 2 heteroatoms. The Balaban J connectivity index is 1.89. The van der Waals surface area contributed by atoms with E-state index in [2.05, 4.69) is 91.9 Å². The van der Waals surface area contributed by atoms with Gasteiger partial charge in [0.2, 0.25) is 0 Å². The summed E-state index contributed by atoms with van der Waals surface area (Å²) in [4.78, 5) is 0. The zero-order valence-electron chi connectivity index (χ0n) is 14.1. The number of rotatable bonds is 7. The second kappa shape index (κ2) is 8.66. The molecule has 0 amide bonds. The van der Waals surface area contributed by atoms with Crippen LogP contribution in [0.15, 0.2) is 84.9 Å². The minimum absolute atomic E-state index is 0.530.